The van der Waals surface area contributed by atoms with Crippen molar-refractivity contribution in [1.82, 2.24) is 4.90 Å². The van der Waals surface area contributed by atoms with Crippen LogP contribution < -0.4 is 9.47 Å². The molecule has 1 rings (SSSR count). The number of amides is 1. The summed E-state index contributed by atoms with van der Waals surface area (Å²) < 4.78 is 10.0. The summed E-state index contributed by atoms with van der Waals surface area (Å²) in [5.41, 5.74) is 0.0775. The summed E-state index contributed by atoms with van der Waals surface area (Å²) in [5, 5.41) is 17.5. The smallest absolute Gasteiger partial charge is 0.323 e. The highest BCUT2D eigenvalue weighted by atomic mass is 16.5. The number of carbonyl (C=O) groups excluding carboxylic acids is 1. The van der Waals surface area contributed by atoms with E-state index < -0.39 is 30.9 Å². The fourth-order valence-corrected chi connectivity index (χ4v) is 1.64. The van der Waals surface area contributed by atoms with Gasteiger partial charge in [0.05, 0.1) is 14.2 Å². The lowest BCUT2D eigenvalue weighted by Gasteiger charge is -2.19. The van der Waals surface area contributed by atoms with Gasteiger partial charge in [0.25, 0.3) is 5.91 Å². The van der Waals surface area contributed by atoms with Crippen LogP contribution in [0.15, 0.2) is 18.2 Å². The molecule has 0 saturated heterocycles. The molecule has 0 bridgehead atoms. The molecule has 8 nitrogen and oxygen atoms in total. The van der Waals surface area contributed by atoms with Gasteiger partial charge in [-0.1, -0.05) is 0 Å². The van der Waals surface area contributed by atoms with E-state index in [1.54, 1.807) is 0 Å². The Bertz CT molecular complexity index is 517. The van der Waals surface area contributed by atoms with Crippen LogP contribution in [-0.4, -0.2) is 60.3 Å². The summed E-state index contributed by atoms with van der Waals surface area (Å²) in [6.45, 7) is -1.44. The first-order valence-electron chi connectivity index (χ1n) is 5.83. The molecule has 0 fully saturated rings. The van der Waals surface area contributed by atoms with Crippen LogP contribution in [0.5, 0.6) is 11.5 Å². The largest absolute Gasteiger partial charge is 0.497 e. The van der Waals surface area contributed by atoms with Crippen LogP contribution in [0, 0.1) is 0 Å². The van der Waals surface area contributed by atoms with E-state index in [2.05, 4.69) is 0 Å². The first-order chi connectivity index (χ1) is 9.87. The fourth-order valence-electron chi connectivity index (χ4n) is 1.64. The molecule has 0 aromatic heterocycles. The summed E-state index contributed by atoms with van der Waals surface area (Å²) >= 11 is 0. The number of hydrogen-bond acceptors (Lipinski definition) is 5. The summed E-state index contributed by atoms with van der Waals surface area (Å²) in [6.07, 6.45) is 0. The number of carbonyl (C=O) groups is 3. The Hall–Kier alpha value is -2.77. The van der Waals surface area contributed by atoms with Gasteiger partial charge < -0.3 is 24.6 Å². The van der Waals surface area contributed by atoms with Crippen molar-refractivity contribution in [2.45, 2.75) is 0 Å². The lowest BCUT2D eigenvalue weighted by molar-refractivity contribution is -0.140. The molecular weight excluding hydrogens is 282 g/mol. The number of carboxylic acid groups (broad SMARTS) is 2. The van der Waals surface area contributed by atoms with Crippen LogP contribution in [0.1, 0.15) is 10.4 Å². The van der Waals surface area contributed by atoms with Gasteiger partial charge in [-0.25, -0.2) is 0 Å². The van der Waals surface area contributed by atoms with Crippen LogP contribution in [-0.2, 0) is 9.59 Å². The molecule has 0 aliphatic rings. The van der Waals surface area contributed by atoms with Crippen molar-refractivity contribution in [2.24, 2.45) is 0 Å². The molecule has 1 aromatic carbocycles. The average Bonchev–Trinajstić information content (AvgIpc) is 2.44. The number of methoxy groups -OCH3 is 2. The fraction of sp³-hybridized carbons (Fsp3) is 0.308. The molecule has 0 saturated carbocycles. The maximum absolute atomic E-state index is 12.2. The van der Waals surface area contributed by atoms with Gasteiger partial charge in [-0.3, -0.25) is 14.4 Å². The third-order valence-electron chi connectivity index (χ3n) is 2.54. The number of carboxylic acids is 2. The second-order valence-electron chi connectivity index (χ2n) is 4.05. The van der Waals surface area contributed by atoms with E-state index in [1.807, 2.05) is 0 Å². The Balaban J connectivity index is 3.12. The van der Waals surface area contributed by atoms with Crippen molar-refractivity contribution < 1.29 is 34.1 Å². The van der Waals surface area contributed by atoms with Gasteiger partial charge in [-0.2, -0.15) is 0 Å². The molecule has 2 N–H and O–H groups in total. The van der Waals surface area contributed by atoms with Gasteiger partial charge in [0.2, 0.25) is 0 Å². The second kappa shape index (κ2) is 7.13. The number of nitrogens with zero attached hydrogens (tertiary/aromatic N) is 1. The summed E-state index contributed by atoms with van der Waals surface area (Å²) in [4.78, 5) is 34.4. The summed E-state index contributed by atoms with van der Waals surface area (Å²) in [5.74, 6) is -2.68. The zero-order valence-corrected chi connectivity index (χ0v) is 11.5. The molecule has 0 aliphatic heterocycles. The predicted octanol–water partition coefficient (Wildman–Crippen LogP) is 0.315. The SMILES string of the molecule is COc1cc(OC)cc(C(=O)N(CC(=O)O)CC(=O)O)c1. The van der Waals surface area contributed by atoms with Crippen molar-refractivity contribution >= 4 is 17.8 Å². The molecule has 0 unspecified atom stereocenters. The quantitative estimate of drug-likeness (QED) is 0.744. The molecule has 0 spiro atoms. The minimum absolute atomic E-state index is 0.0775. The number of benzene rings is 1. The number of hydrogen-bond donors (Lipinski definition) is 2. The van der Waals surface area contributed by atoms with Gasteiger partial charge in [-0.15, -0.1) is 0 Å². The predicted molar refractivity (Wildman–Crippen MR) is 70.7 cm³/mol. The van der Waals surface area contributed by atoms with Crippen LogP contribution in [0.25, 0.3) is 0 Å². The highest BCUT2D eigenvalue weighted by Crippen LogP contribution is 2.23. The molecule has 1 aromatic rings. The van der Waals surface area contributed by atoms with Crippen molar-refractivity contribution in [1.29, 1.82) is 0 Å². The minimum atomic E-state index is -1.31. The molecule has 8 heteroatoms. The van der Waals surface area contributed by atoms with E-state index in [4.69, 9.17) is 19.7 Å². The molecule has 0 radical (unpaired) electrons. The van der Waals surface area contributed by atoms with Crippen LogP contribution in [0.4, 0.5) is 0 Å². The van der Waals surface area contributed by atoms with E-state index in [-0.39, 0.29) is 5.56 Å². The highest BCUT2D eigenvalue weighted by molar-refractivity contribution is 5.98. The van der Waals surface area contributed by atoms with Gasteiger partial charge in [0.15, 0.2) is 0 Å². The van der Waals surface area contributed by atoms with Crippen LogP contribution in [0.2, 0.25) is 0 Å². The number of ether oxygens (including phenoxy) is 2. The Morgan fingerprint density at radius 2 is 1.38 bits per heavy atom. The summed E-state index contributed by atoms with van der Waals surface area (Å²) in [7, 11) is 2.80. The van der Waals surface area contributed by atoms with E-state index >= 15 is 0 Å². The van der Waals surface area contributed by atoms with Gasteiger partial charge in [0, 0.05) is 11.6 Å². The molecule has 0 aliphatic carbocycles. The average molecular weight is 297 g/mol. The second-order valence-corrected chi connectivity index (χ2v) is 4.05. The Morgan fingerprint density at radius 3 is 1.71 bits per heavy atom. The Labute approximate surface area is 120 Å². The minimum Gasteiger partial charge on any atom is -0.497 e. The van der Waals surface area contributed by atoms with E-state index in [0.29, 0.717) is 16.4 Å². The van der Waals surface area contributed by atoms with Gasteiger partial charge >= 0.3 is 11.9 Å². The zero-order chi connectivity index (χ0) is 16.0. The Morgan fingerprint density at radius 1 is 0.952 bits per heavy atom. The lowest BCUT2D eigenvalue weighted by atomic mass is 10.1. The first kappa shape index (κ1) is 16.3. The van der Waals surface area contributed by atoms with E-state index in [0.717, 1.165) is 0 Å². The topological polar surface area (TPSA) is 113 Å². The molecule has 0 heterocycles. The third-order valence-corrected chi connectivity index (χ3v) is 2.54. The molecule has 21 heavy (non-hydrogen) atoms. The monoisotopic (exact) mass is 297 g/mol. The first-order valence-corrected chi connectivity index (χ1v) is 5.83. The van der Waals surface area contributed by atoms with Crippen molar-refractivity contribution in [3.05, 3.63) is 23.8 Å². The molecule has 114 valence electrons. The maximum Gasteiger partial charge on any atom is 0.323 e. The zero-order valence-electron chi connectivity index (χ0n) is 11.5. The highest BCUT2D eigenvalue weighted by Gasteiger charge is 2.22. The number of rotatable bonds is 7. The maximum atomic E-state index is 12.2. The van der Waals surface area contributed by atoms with Gasteiger partial charge in [0.1, 0.15) is 24.6 Å². The van der Waals surface area contributed by atoms with Crippen LogP contribution in [0.3, 0.4) is 0 Å². The molecule has 1 amide bonds. The van der Waals surface area contributed by atoms with Crippen molar-refractivity contribution in [3.8, 4) is 11.5 Å². The van der Waals surface area contributed by atoms with E-state index in [9.17, 15) is 14.4 Å². The third kappa shape index (κ3) is 4.68. The molecular formula is C13H15NO7. The van der Waals surface area contributed by atoms with Gasteiger partial charge in [-0.05, 0) is 12.1 Å². The van der Waals surface area contributed by atoms with Crippen molar-refractivity contribution in [3.63, 3.8) is 0 Å². The van der Waals surface area contributed by atoms with Crippen molar-refractivity contribution in [2.75, 3.05) is 27.3 Å². The summed E-state index contributed by atoms with van der Waals surface area (Å²) in [6, 6.07) is 4.29. The molecule has 0 atom stereocenters. The van der Waals surface area contributed by atoms with E-state index in [1.165, 1.54) is 32.4 Å². The lowest BCUT2D eigenvalue weighted by Crippen LogP contribution is -2.39. The Kier molecular flexibility index (Phi) is 5.53. The van der Waals surface area contributed by atoms with Crippen LogP contribution >= 0.6 is 0 Å². The number of aliphatic carboxylic acids is 2. The standard InChI is InChI=1S/C13H15NO7/c1-20-9-3-8(4-10(5-9)21-2)13(19)14(6-11(15)16)7-12(17)18/h3-5H,6-7H2,1-2H3,(H,15,16)(H,17,18). The normalized spacial score (nSPS) is 9.81.